The molecule has 0 aliphatic carbocycles. The molecule has 1 saturated heterocycles. The monoisotopic (exact) mass is 304 g/mol. The lowest BCUT2D eigenvalue weighted by atomic mass is 10.00. The van der Waals surface area contributed by atoms with E-state index in [1.54, 1.807) is 0 Å². The number of piperidine rings is 1. The molecule has 1 aliphatic heterocycles. The predicted molar refractivity (Wildman–Crippen MR) is 78.0 cm³/mol. The average molecular weight is 304 g/mol. The second-order valence-corrected chi connectivity index (χ2v) is 8.00. The second kappa shape index (κ2) is 5.26. The molecule has 0 radical (unpaired) electrons. The maximum atomic E-state index is 12.3. The van der Waals surface area contributed by atoms with E-state index in [2.05, 4.69) is 16.2 Å². The third kappa shape index (κ3) is 2.70. The van der Waals surface area contributed by atoms with Crippen LogP contribution in [0, 0.1) is 5.92 Å². The fourth-order valence-electron chi connectivity index (χ4n) is 2.12. The summed E-state index contributed by atoms with van der Waals surface area (Å²) in [6.45, 7) is 3.94. The molecule has 1 aromatic heterocycles. The largest absolute Gasteiger partial charge is 0.382 e. The first-order chi connectivity index (χ1) is 8.84. The molecular weight excluding hydrogens is 284 g/mol. The van der Waals surface area contributed by atoms with Crippen LogP contribution in [0.25, 0.3) is 0 Å². The van der Waals surface area contributed by atoms with Gasteiger partial charge in [0.15, 0.2) is 10.7 Å². The van der Waals surface area contributed by atoms with Crippen LogP contribution >= 0.6 is 11.5 Å². The Morgan fingerprint density at radius 3 is 2.47 bits per heavy atom. The maximum Gasteiger partial charge on any atom is 0.249 e. The Bertz CT molecular complexity index is 545. The third-order valence-electron chi connectivity index (χ3n) is 3.47. The van der Waals surface area contributed by atoms with E-state index >= 15 is 0 Å². The predicted octanol–water partition coefficient (Wildman–Crippen LogP) is 1.21. The third-order valence-corrected chi connectivity index (χ3v) is 6.40. The van der Waals surface area contributed by atoms with Crippen molar-refractivity contribution in [2.45, 2.75) is 24.7 Å². The highest BCUT2D eigenvalue weighted by atomic mass is 32.2. The van der Waals surface area contributed by atoms with Crippen LogP contribution in [0.1, 0.15) is 19.8 Å². The molecule has 1 aromatic rings. The lowest BCUT2D eigenvalue weighted by Gasteiger charge is -2.31. The van der Waals surface area contributed by atoms with Crippen LogP contribution < -0.4 is 10.6 Å². The summed E-state index contributed by atoms with van der Waals surface area (Å²) in [5, 5.41) is 0.679. The Hall–Kier alpha value is -0.860. The number of rotatable bonds is 3. The molecule has 2 N–H and O–H groups in total. The van der Waals surface area contributed by atoms with Gasteiger partial charge in [-0.25, -0.2) is 12.7 Å². The summed E-state index contributed by atoms with van der Waals surface area (Å²) in [6.07, 6.45) is 2.14. The topological polar surface area (TPSA) is 79.5 Å². The minimum Gasteiger partial charge on any atom is -0.382 e. The Kier molecular flexibility index (Phi) is 4.03. The Morgan fingerprint density at radius 2 is 1.95 bits per heavy atom. The fourth-order valence-corrected chi connectivity index (χ4v) is 4.39. The van der Waals surface area contributed by atoms with Gasteiger partial charge in [0.2, 0.25) is 10.0 Å². The minimum absolute atomic E-state index is 0.104. The van der Waals surface area contributed by atoms with E-state index < -0.39 is 10.0 Å². The SMILES string of the molecule is CC1CCN(c2snc(N)c2S(=O)(=O)N(C)C)CC1. The first kappa shape index (κ1) is 14.5. The summed E-state index contributed by atoms with van der Waals surface area (Å²) in [6, 6.07) is 0. The molecule has 108 valence electrons. The summed E-state index contributed by atoms with van der Waals surface area (Å²) in [4.78, 5) is 2.25. The number of sulfonamides is 1. The molecule has 1 aliphatic rings. The quantitative estimate of drug-likeness (QED) is 0.908. The normalized spacial score (nSPS) is 18.2. The Morgan fingerprint density at radius 1 is 1.37 bits per heavy atom. The second-order valence-electron chi connectivity index (χ2n) is 5.16. The first-order valence-corrected chi connectivity index (χ1v) is 8.48. The van der Waals surface area contributed by atoms with Gasteiger partial charge in [-0.05, 0) is 30.3 Å². The van der Waals surface area contributed by atoms with E-state index in [1.165, 1.54) is 29.9 Å². The molecule has 0 amide bonds. The highest BCUT2D eigenvalue weighted by molar-refractivity contribution is 7.89. The van der Waals surface area contributed by atoms with Crippen LogP contribution in [-0.2, 0) is 10.0 Å². The van der Waals surface area contributed by atoms with E-state index in [1.807, 2.05) is 0 Å². The molecular formula is C11H20N4O2S2. The Labute approximate surface area is 118 Å². The number of aromatic nitrogens is 1. The first-order valence-electron chi connectivity index (χ1n) is 6.26. The van der Waals surface area contributed by atoms with Gasteiger partial charge in [-0.15, -0.1) is 0 Å². The lowest BCUT2D eigenvalue weighted by molar-refractivity contribution is 0.438. The van der Waals surface area contributed by atoms with Crippen LogP contribution in [0.2, 0.25) is 0 Å². The smallest absolute Gasteiger partial charge is 0.249 e. The molecule has 0 aromatic carbocycles. The number of nitrogen functional groups attached to an aromatic ring is 1. The zero-order valence-corrected chi connectivity index (χ0v) is 13.1. The van der Waals surface area contributed by atoms with Gasteiger partial charge in [0, 0.05) is 27.2 Å². The van der Waals surface area contributed by atoms with Crippen molar-refractivity contribution in [2.24, 2.45) is 5.92 Å². The molecule has 0 atom stereocenters. The van der Waals surface area contributed by atoms with E-state index in [4.69, 9.17) is 5.73 Å². The van der Waals surface area contributed by atoms with Crippen LogP contribution in [0.15, 0.2) is 4.90 Å². The van der Waals surface area contributed by atoms with Gasteiger partial charge >= 0.3 is 0 Å². The van der Waals surface area contributed by atoms with Crippen molar-refractivity contribution < 1.29 is 8.42 Å². The van der Waals surface area contributed by atoms with Gasteiger partial charge in [-0.1, -0.05) is 6.92 Å². The van der Waals surface area contributed by atoms with Gasteiger partial charge in [0.25, 0.3) is 0 Å². The van der Waals surface area contributed by atoms with Crippen LogP contribution in [-0.4, -0.2) is 44.3 Å². The van der Waals surface area contributed by atoms with Crippen molar-refractivity contribution in [3.8, 4) is 0 Å². The van der Waals surface area contributed by atoms with Crippen LogP contribution in [0.4, 0.5) is 10.8 Å². The summed E-state index contributed by atoms with van der Waals surface area (Å²) < 4.78 is 29.9. The summed E-state index contributed by atoms with van der Waals surface area (Å²) in [5.41, 5.74) is 5.77. The molecule has 0 unspecified atom stereocenters. The van der Waals surface area contributed by atoms with Gasteiger partial charge in [0.05, 0.1) is 0 Å². The number of nitrogens with zero attached hydrogens (tertiary/aromatic N) is 3. The molecule has 6 nitrogen and oxygen atoms in total. The molecule has 0 saturated carbocycles. The molecule has 0 spiro atoms. The van der Waals surface area contributed by atoms with Crippen molar-refractivity contribution in [3.63, 3.8) is 0 Å². The number of anilines is 2. The molecule has 2 rings (SSSR count). The average Bonchev–Trinajstić information content (AvgIpc) is 2.72. The molecule has 2 heterocycles. The minimum atomic E-state index is -3.54. The summed E-state index contributed by atoms with van der Waals surface area (Å²) >= 11 is 1.17. The van der Waals surface area contributed by atoms with E-state index in [0.29, 0.717) is 10.9 Å². The van der Waals surface area contributed by atoms with Gasteiger partial charge in [0.1, 0.15) is 5.00 Å². The van der Waals surface area contributed by atoms with Gasteiger partial charge in [-0.3, -0.25) is 0 Å². The van der Waals surface area contributed by atoms with E-state index in [0.717, 1.165) is 25.9 Å². The van der Waals surface area contributed by atoms with Crippen LogP contribution in [0.3, 0.4) is 0 Å². The van der Waals surface area contributed by atoms with E-state index in [-0.39, 0.29) is 10.7 Å². The highest BCUT2D eigenvalue weighted by Gasteiger charge is 2.31. The molecule has 1 fully saturated rings. The molecule has 0 bridgehead atoms. The van der Waals surface area contributed by atoms with Crippen molar-refractivity contribution in [1.29, 1.82) is 0 Å². The highest BCUT2D eigenvalue weighted by Crippen LogP contribution is 2.37. The number of hydrogen-bond acceptors (Lipinski definition) is 6. The van der Waals surface area contributed by atoms with E-state index in [9.17, 15) is 8.42 Å². The van der Waals surface area contributed by atoms with Crippen LogP contribution in [0.5, 0.6) is 0 Å². The van der Waals surface area contributed by atoms with Crippen molar-refractivity contribution >= 4 is 32.4 Å². The molecule has 8 heteroatoms. The molecule has 19 heavy (non-hydrogen) atoms. The standard InChI is InChI=1S/C11H20N4O2S2/c1-8-4-6-15(7-5-8)11-9(10(12)13-18-11)19(16,17)14(2)3/h8H,4-7H2,1-3H3,(H2,12,13). The number of nitrogens with two attached hydrogens (primary N) is 1. The fraction of sp³-hybridized carbons (Fsp3) is 0.727. The zero-order chi connectivity index (χ0) is 14.2. The maximum absolute atomic E-state index is 12.3. The van der Waals surface area contributed by atoms with Crippen molar-refractivity contribution in [1.82, 2.24) is 8.68 Å². The zero-order valence-electron chi connectivity index (χ0n) is 11.5. The van der Waals surface area contributed by atoms with Crippen molar-refractivity contribution in [3.05, 3.63) is 0 Å². The Balaban J connectivity index is 2.38. The van der Waals surface area contributed by atoms with Gasteiger partial charge < -0.3 is 10.6 Å². The summed E-state index contributed by atoms with van der Waals surface area (Å²) in [7, 11) is -0.526. The number of hydrogen-bond donors (Lipinski definition) is 1. The summed E-state index contributed by atoms with van der Waals surface area (Å²) in [5.74, 6) is 0.794. The lowest BCUT2D eigenvalue weighted by Crippen LogP contribution is -2.34. The van der Waals surface area contributed by atoms with Crippen molar-refractivity contribution in [2.75, 3.05) is 37.8 Å². The van der Waals surface area contributed by atoms with Gasteiger partial charge in [-0.2, -0.15) is 4.37 Å².